The molecular formula is C62H75N4OPS. The first kappa shape index (κ1) is 55.3. The summed E-state index contributed by atoms with van der Waals surface area (Å²) in [6.07, 6.45) is 30.4. The summed E-state index contributed by atoms with van der Waals surface area (Å²) < 4.78 is 9.58. The molecule has 2 aliphatic rings. The molecule has 8 rings (SSSR count). The Kier molecular flexibility index (Phi) is 23.7. The predicted octanol–water partition coefficient (Wildman–Crippen LogP) is 18.3. The third-order valence-electron chi connectivity index (χ3n) is 11.5. The van der Waals surface area contributed by atoms with E-state index in [1.807, 2.05) is 62.2 Å². The predicted molar refractivity (Wildman–Crippen MR) is 310 cm³/mol. The molecule has 1 aliphatic carbocycles. The Hall–Kier alpha value is -6.30. The van der Waals surface area contributed by atoms with Crippen molar-refractivity contribution in [2.45, 2.75) is 100 Å². The van der Waals surface area contributed by atoms with Crippen molar-refractivity contribution in [3.63, 3.8) is 0 Å². The van der Waals surface area contributed by atoms with Crippen molar-refractivity contribution in [3.05, 3.63) is 234 Å². The molecule has 0 fully saturated rings. The Morgan fingerprint density at radius 3 is 2.17 bits per heavy atom. The van der Waals surface area contributed by atoms with Crippen LogP contribution in [0.1, 0.15) is 108 Å². The van der Waals surface area contributed by atoms with Gasteiger partial charge in [0.15, 0.2) is 0 Å². The molecule has 1 unspecified atom stereocenters. The van der Waals surface area contributed by atoms with Gasteiger partial charge in [0.2, 0.25) is 0 Å². The first-order valence-corrected chi connectivity index (χ1v) is 26.0. The monoisotopic (exact) mass is 955 g/mol. The van der Waals surface area contributed by atoms with Gasteiger partial charge in [-0.15, -0.1) is 11.3 Å². The maximum absolute atomic E-state index is 5.96. The highest BCUT2D eigenvalue weighted by Gasteiger charge is 2.19. The number of thiazole rings is 1. The van der Waals surface area contributed by atoms with Gasteiger partial charge in [0.25, 0.3) is 0 Å². The molecule has 69 heavy (non-hydrogen) atoms. The smallest absolute Gasteiger partial charge is 0.123 e. The van der Waals surface area contributed by atoms with Crippen LogP contribution < -0.4 is 10.4 Å². The van der Waals surface area contributed by atoms with Gasteiger partial charge in [-0.1, -0.05) is 173 Å². The molecule has 3 heterocycles. The summed E-state index contributed by atoms with van der Waals surface area (Å²) in [6.45, 7) is 28.7. The van der Waals surface area contributed by atoms with Crippen molar-refractivity contribution < 1.29 is 4.74 Å². The van der Waals surface area contributed by atoms with Crippen LogP contribution in [0.25, 0.3) is 32.4 Å². The molecule has 0 amide bonds. The Morgan fingerprint density at radius 1 is 0.841 bits per heavy atom. The summed E-state index contributed by atoms with van der Waals surface area (Å²) in [5.41, 5.74) is 18.7. The van der Waals surface area contributed by atoms with Crippen molar-refractivity contribution in [2.75, 3.05) is 4.90 Å². The lowest BCUT2D eigenvalue weighted by atomic mass is 10.0. The molecule has 0 bridgehead atoms. The minimum atomic E-state index is 0.604. The number of allylic oxidation sites excluding steroid dienone is 14. The molecule has 360 valence electrons. The molecule has 2 N–H and O–H groups in total. The van der Waals surface area contributed by atoms with Gasteiger partial charge in [0, 0.05) is 40.3 Å². The van der Waals surface area contributed by atoms with Crippen LogP contribution in [0.5, 0.6) is 0 Å². The fourth-order valence-corrected chi connectivity index (χ4v) is 9.26. The van der Waals surface area contributed by atoms with Gasteiger partial charge in [0.05, 0.1) is 20.7 Å². The van der Waals surface area contributed by atoms with E-state index in [0.717, 1.165) is 65.9 Å². The van der Waals surface area contributed by atoms with E-state index in [9.17, 15) is 0 Å². The van der Waals surface area contributed by atoms with Gasteiger partial charge < -0.3 is 19.7 Å². The second-order valence-corrected chi connectivity index (χ2v) is 16.8. The number of fused-ring (bicyclic) bond motifs is 2. The molecule has 0 spiro atoms. The van der Waals surface area contributed by atoms with Crippen LogP contribution in [-0.2, 0) is 17.6 Å². The van der Waals surface area contributed by atoms with Gasteiger partial charge in [-0.3, -0.25) is 0 Å². The van der Waals surface area contributed by atoms with Crippen molar-refractivity contribution >= 4 is 64.5 Å². The number of hydrogen-bond donors (Lipinski definition) is 1. The normalized spacial score (nSPS) is 15.3. The minimum Gasteiger partial charge on any atom is -0.458 e. The zero-order valence-corrected chi connectivity index (χ0v) is 44.4. The first-order chi connectivity index (χ1) is 33.8. The topological polar surface area (TPSA) is 56.3 Å². The quantitative estimate of drug-likeness (QED) is 0.0844. The number of aryl methyl sites for hydroxylation is 1. The van der Waals surface area contributed by atoms with Crippen LogP contribution in [0.3, 0.4) is 0 Å². The number of hydrogen-bond acceptors (Lipinski definition) is 5. The average Bonchev–Trinajstić information content (AvgIpc) is 3.77. The molecule has 0 radical (unpaired) electrons. The van der Waals surface area contributed by atoms with Crippen molar-refractivity contribution in [2.24, 2.45) is 5.50 Å². The lowest BCUT2D eigenvalue weighted by molar-refractivity contribution is 0.332. The molecule has 0 saturated heterocycles. The highest BCUT2D eigenvalue weighted by molar-refractivity contribution is 7.18. The van der Waals surface area contributed by atoms with Crippen LogP contribution in [0, 0.1) is 6.92 Å². The molecule has 2 aromatic heterocycles. The van der Waals surface area contributed by atoms with E-state index in [4.69, 9.17) is 9.72 Å². The third kappa shape index (κ3) is 14.8. The summed E-state index contributed by atoms with van der Waals surface area (Å²) in [5.74, 6) is 1.23. The number of rotatable bonds is 10. The van der Waals surface area contributed by atoms with E-state index in [-0.39, 0.29) is 0 Å². The van der Waals surface area contributed by atoms with Crippen LogP contribution in [0.4, 0.5) is 11.4 Å². The Bertz CT molecular complexity index is 2810. The molecule has 0 saturated carbocycles. The number of aromatic nitrogens is 2. The third-order valence-corrected chi connectivity index (χ3v) is 12.5. The highest BCUT2D eigenvalue weighted by Crippen LogP contribution is 2.37. The van der Waals surface area contributed by atoms with E-state index < -0.39 is 0 Å². The summed E-state index contributed by atoms with van der Waals surface area (Å²) in [4.78, 5) is 7.37. The lowest BCUT2D eigenvalue weighted by Crippen LogP contribution is -2.15. The number of nitrogens with two attached hydrogens (primary N) is 1. The minimum absolute atomic E-state index is 0.604. The maximum Gasteiger partial charge on any atom is 0.123 e. The summed E-state index contributed by atoms with van der Waals surface area (Å²) in [6, 6.07) is 34.4. The van der Waals surface area contributed by atoms with Crippen molar-refractivity contribution in [3.8, 4) is 0 Å². The lowest BCUT2D eigenvalue weighted by Gasteiger charge is -2.26. The Balaban J connectivity index is 0.000000290. The van der Waals surface area contributed by atoms with Gasteiger partial charge in [0.1, 0.15) is 11.5 Å². The first-order valence-electron chi connectivity index (χ1n) is 24.5. The van der Waals surface area contributed by atoms with Gasteiger partial charge in [-0.2, -0.15) is 0 Å². The van der Waals surface area contributed by atoms with E-state index in [1.165, 1.54) is 61.5 Å². The van der Waals surface area contributed by atoms with E-state index in [1.54, 1.807) is 11.3 Å². The second kappa shape index (κ2) is 29.6. The Morgan fingerprint density at radius 2 is 1.52 bits per heavy atom. The molecule has 1 atom stereocenters. The van der Waals surface area contributed by atoms with Gasteiger partial charge in [-0.25, -0.2) is 4.98 Å². The summed E-state index contributed by atoms with van der Waals surface area (Å²) in [5, 5.41) is 2.42. The summed E-state index contributed by atoms with van der Waals surface area (Å²) >= 11 is 1.79. The fraction of sp³-hybridized carbons (Fsp3) is 0.242. The standard InChI is InChI=1S/C34H34N2OS.C24H25N.2C2H6.H4NP/c1-6-28(20-27-18-14-9-8-11-15-23(3)37-25(27)5)36-31(7-2)24(4)29-21-33-30(22-32(29)36)35-34(38-33)19-26-16-12-10-13-17-26;1-3-20(4-2)21-16-18-24(19-17-21)25(23-14-10-7-11-15-23)22-12-8-5-6-9-13-22;3*1-2/h6,9-17,20-22H,3,5,7-8,18-19H2,1-2,4H3;3-4,7-8,10-19H,1,5-6,9H2,2H3;2*1-2H3;1-2H2/b14-9-,15-11-,27-20-,28-6+;;;;. The molecule has 7 heteroatoms. The number of ether oxygens (including phenoxy) is 1. The highest BCUT2D eigenvalue weighted by atomic mass is 32.1. The number of benzene rings is 4. The number of anilines is 2. The van der Waals surface area contributed by atoms with E-state index in [0.29, 0.717) is 11.5 Å². The zero-order chi connectivity index (χ0) is 50.1. The second-order valence-electron chi connectivity index (χ2n) is 15.7. The number of nitrogens with zero attached hydrogens (tertiary/aromatic N) is 3. The maximum atomic E-state index is 5.96. The molecule has 6 aromatic rings. The van der Waals surface area contributed by atoms with Crippen LogP contribution in [0.2, 0.25) is 0 Å². The SMILES string of the molecule is C=C1/C=C\C/C=C\C/C(=C/C(=C\C)n2c(CC)c(C)c3cc4sc(Cc5ccccc5)nc4cc32)C(=C)O1.C=CC(=CC)c1ccc(N(C2=CCCCC=C2)c2ccccc2)cc1.CC.CC.NP. The van der Waals surface area contributed by atoms with Crippen LogP contribution >= 0.6 is 20.7 Å². The molecule has 4 aromatic carbocycles. The fourth-order valence-electron chi connectivity index (χ4n) is 8.23. The largest absolute Gasteiger partial charge is 0.458 e. The average molecular weight is 955 g/mol. The van der Waals surface area contributed by atoms with Gasteiger partial charge in [-0.05, 0) is 142 Å². The van der Waals surface area contributed by atoms with Crippen LogP contribution in [-0.4, -0.2) is 9.55 Å². The zero-order valence-electron chi connectivity index (χ0n) is 42.5. The molecule has 1 aliphatic heterocycles. The number of para-hydroxylation sites is 1. The van der Waals surface area contributed by atoms with Crippen molar-refractivity contribution in [1.82, 2.24) is 9.55 Å². The van der Waals surface area contributed by atoms with Crippen molar-refractivity contribution in [1.29, 1.82) is 0 Å². The Labute approximate surface area is 421 Å². The molecule has 5 nitrogen and oxygen atoms in total. The van der Waals surface area contributed by atoms with E-state index in [2.05, 4.69) is 201 Å². The van der Waals surface area contributed by atoms with Gasteiger partial charge >= 0.3 is 0 Å². The summed E-state index contributed by atoms with van der Waals surface area (Å²) in [7, 11) is 1.92. The van der Waals surface area contributed by atoms with Crippen LogP contribution in [0.15, 0.2) is 206 Å². The van der Waals surface area contributed by atoms with E-state index >= 15 is 0 Å². The molecular weight excluding hydrogens is 880 g/mol.